The summed E-state index contributed by atoms with van der Waals surface area (Å²) in [7, 11) is 0. The Hall–Kier alpha value is -1.20. The molecule has 0 radical (unpaired) electrons. The summed E-state index contributed by atoms with van der Waals surface area (Å²) < 4.78 is 13.4. The van der Waals surface area contributed by atoms with E-state index in [1.54, 1.807) is 6.92 Å². The molecule has 1 aromatic carbocycles. The summed E-state index contributed by atoms with van der Waals surface area (Å²) in [6, 6.07) is 1.88. The maximum Gasteiger partial charge on any atom is 0.274 e. The number of nitro benzene ring substituents is 1. The van der Waals surface area contributed by atoms with Gasteiger partial charge in [0.1, 0.15) is 5.82 Å². The van der Waals surface area contributed by atoms with Crippen molar-refractivity contribution in [1.82, 2.24) is 0 Å². The molecule has 17 heavy (non-hydrogen) atoms. The minimum Gasteiger partial charge on any atom is -0.327 e. The topological polar surface area (TPSA) is 69.2 Å². The zero-order valence-electron chi connectivity index (χ0n) is 9.61. The van der Waals surface area contributed by atoms with E-state index in [-0.39, 0.29) is 28.2 Å². The van der Waals surface area contributed by atoms with Crippen molar-refractivity contribution in [3.63, 3.8) is 0 Å². The predicted molar refractivity (Wildman–Crippen MR) is 64.7 cm³/mol. The highest BCUT2D eigenvalue weighted by atomic mass is 35.5. The van der Waals surface area contributed by atoms with Gasteiger partial charge in [-0.25, -0.2) is 4.39 Å². The van der Waals surface area contributed by atoms with E-state index in [2.05, 4.69) is 0 Å². The molecule has 4 nitrogen and oxygen atoms in total. The molecule has 0 heterocycles. The first-order chi connectivity index (χ1) is 7.88. The molecule has 2 N–H and O–H groups in total. The maximum absolute atomic E-state index is 13.4. The molecule has 1 aromatic rings. The first-order valence-electron chi connectivity index (χ1n) is 5.27. The van der Waals surface area contributed by atoms with Crippen molar-refractivity contribution in [1.29, 1.82) is 0 Å². The number of nitrogens with two attached hydrogens (primary N) is 1. The van der Waals surface area contributed by atoms with Gasteiger partial charge in [-0.2, -0.15) is 0 Å². The van der Waals surface area contributed by atoms with E-state index in [9.17, 15) is 14.5 Å². The molecule has 0 spiro atoms. The summed E-state index contributed by atoms with van der Waals surface area (Å²) in [4.78, 5) is 10.3. The molecule has 0 fully saturated rings. The molecule has 0 aliphatic carbocycles. The third-order valence-electron chi connectivity index (χ3n) is 2.87. The van der Waals surface area contributed by atoms with Crippen LogP contribution in [0.3, 0.4) is 0 Å². The largest absolute Gasteiger partial charge is 0.327 e. The molecule has 2 unspecified atom stereocenters. The molecule has 0 saturated heterocycles. The van der Waals surface area contributed by atoms with Gasteiger partial charge < -0.3 is 5.73 Å². The van der Waals surface area contributed by atoms with Crippen molar-refractivity contribution < 1.29 is 9.31 Å². The Morgan fingerprint density at radius 3 is 2.65 bits per heavy atom. The molecule has 0 amide bonds. The molecule has 1 rings (SSSR count). The van der Waals surface area contributed by atoms with Gasteiger partial charge in [-0.3, -0.25) is 10.1 Å². The van der Waals surface area contributed by atoms with Crippen molar-refractivity contribution in [3.8, 4) is 0 Å². The second-order valence-corrected chi connectivity index (χ2v) is 4.35. The Labute approximate surface area is 104 Å². The van der Waals surface area contributed by atoms with Crippen LogP contribution in [-0.2, 0) is 0 Å². The molecule has 0 aromatic heterocycles. The molecule has 6 heteroatoms. The van der Waals surface area contributed by atoms with Crippen LogP contribution in [0.15, 0.2) is 12.1 Å². The highest BCUT2D eigenvalue weighted by Gasteiger charge is 2.24. The summed E-state index contributed by atoms with van der Waals surface area (Å²) in [6.45, 7) is 3.61. The number of nitro groups is 1. The van der Waals surface area contributed by atoms with Gasteiger partial charge in [-0.1, -0.05) is 25.4 Å². The van der Waals surface area contributed by atoms with Crippen LogP contribution in [0.25, 0.3) is 0 Å². The van der Waals surface area contributed by atoms with Crippen LogP contribution in [0.4, 0.5) is 10.1 Å². The average Bonchev–Trinajstić information content (AvgIpc) is 2.29. The Kier molecular flexibility index (Phi) is 4.42. The molecule has 0 aliphatic heterocycles. The monoisotopic (exact) mass is 260 g/mol. The Morgan fingerprint density at radius 1 is 1.59 bits per heavy atom. The van der Waals surface area contributed by atoms with Crippen LogP contribution >= 0.6 is 11.6 Å². The number of hydrogen-bond donors (Lipinski definition) is 1. The van der Waals surface area contributed by atoms with Crippen LogP contribution in [0, 0.1) is 15.9 Å². The molecule has 0 bridgehead atoms. The molecular formula is C11H14ClFN2O2. The van der Waals surface area contributed by atoms with Crippen molar-refractivity contribution in [2.45, 2.75) is 32.2 Å². The van der Waals surface area contributed by atoms with Crippen LogP contribution < -0.4 is 5.73 Å². The highest BCUT2D eigenvalue weighted by Crippen LogP contribution is 2.33. The lowest BCUT2D eigenvalue weighted by atomic mass is 9.91. The molecule has 94 valence electrons. The van der Waals surface area contributed by atoms with Crippen molar-refractivity contribution in [3.05, 3.63) is 38.7 Å². The van der Waals surface area contributed by atoms with E-state index in [1.165, 1.54) is 0 Å². The van der Waals surface area contributed by atoms with Gasteiger partial charge in [-0.15, -0.1) is 0 Å². The highest BCUT2D eigenvalue weighted by molar-refractivity contribution is 6.31. The second-order valence-electron chi connectivity index (χ2n) is 3.94. The van der Waals surface area contributed by atoms with Crippen molar-refractivity contribution in [2.24, 2.45) is 5.73 Å². The smallest absolute Gasteiger partial charge is 0.274 e. The van der Waals surface area contributed by atoms with E-state index in [4.69, 9.17) is 17.3 Å². The van der Waals surface area contributed by atoms with Crippen LogP contribution in [0.1, 0.15) is 31.7 Å². The van der Waals surface area contributed by atoms with E-state index in [0.717, 1.165) is 12.1 Å². The second kappa shape index (κ2) is 5.42. The van der Waals surface area contributed by atoms with Crippen molar-refractivity contribution >= 4 is 17.3 Å². The van der Waals surface area contributed by atoms with E-state index >= 15 is 0 Å². The Morgan fingerprint density at radius 2 is 2.18 bits per heavy atom. The zero-order chi connectivity index (χ0) is 13.2. The van der Waals surface area contributed by atoms with E-state index < -0.39 is 10.7 Å². The van der Waals surface area contributed by atoms with Crippen LogP contribution in [-0.4, -0.2) is 11.0 Å². The minimum absolute atomic E-state index is 0.187. The van der Waals surface area contributed by atoms with E-state index in [0.29, 0.717) is 6.42 Å². The van der Waals surface area contributed by atoms with Crippen molar-refractivity contribution in [2.75, 3.05) is 0 Å². The molecule has 0 aliphatic rings. The fraction of sp³-hybridized carbons (Fsp3) is 0.455. The lowest BCUT2D eigenvalue weighted by molar-refractivity contribution is -0.385. The normalized spacial score (nSPS) is 14.4. The minimum atomic E-state index is -0.664. The van der Waals surface area contributed by atoms with Gasteiger partial charge in [0.2, 0.25) is 0 Å². The van der Waals surface area contributed by atoms with Crippen LogP contribution in [0.5, 0.6) is 0 Å². The molecule has 2 atom stereocenters. The van der Waals surface area contributed by atoms with Gasteiger partial charge in [0.15, 0.2) is 0 Å². The molecule has 0 saturated carbocycles. The van der Waals surface area contributed by atoms with Gasteiger partial charge in [0.05, 0.1) is 9.95 Å². The number of halogens is 2. The number of nitrogens with zero attached hydrogens (tertiary/aromatic N) is 1. The fourth-order valence-electron chi connectivity index (χ4n) is 1.66. The SMILES string of the molecule is CCC(N)C(C)c1cc(F)c(Cl)cc1[N+](=O)[O-]. The first kappa shape index (κ1) is 13.9. The number of benzene rings is 1. The van der Waals surface area contributed by atoms with Gasteiger partial charge in [0, 0.05) is 23.6 Å². The standard InChI is InChI=1S/C11H14ClFN2O2/c1-3-10(14)6(2)7-4-9(13)8(12)5-11(7)15(16)17/h4-6,10H,3,14H2,1-2H3. The average molecular weight is 261 g/mol. The van der Waals surface area contributed by atoms with Gasteiger partial charge in [0.25, 0.3) is 5.69 Å². The lowest BCUT2D eigenvalue weighted by Crippen LogP contribution is -2.26. The number of hydrogen-bond acceptors (Lipinski definition) is 3. The predicted octanol–water partition coefficient (Wildman–Crippen LogP) is 3.23. The number of rotatable bonds is 4. The molecular weight excluding hydrogens is 247 g/mol. The van der Waals surface area contributed by atoms with E-state index in [1.807, 2.05) is 6.92 Å². The first-order valence-corrected chi connectivity index (χ1v) is 5.65. The zero-order valence-corrected chi connectivity index (χ0v) is 10.4. The summed E-state index contributed by atoms with van der Waals surface area (Å²) >= 11 is 5.54. The quantitative estimate of drug-likeness (QED) is 0.667. The lowest BCUT2D eigenvalue weighted by Gasteiger charge is -2.18. The third-order valence-corrected chi connectivity index (χ3v) is 3.16. The Balaban J connectivity index is 3.30. The summed E-state index contributed by atoms with van der Waals surface area (Å²) in [5.41, 5.74) is 5.92. The van der Waals surface area contributed by atoms with Crippen LogP contribution in [0.2, 0.25) is 5.02 Å². The van der Waals surface area contributed by atoms with Gasteiger partial charge in [-0.05, 0) is 12.5 Å². The summed E-state index contributed by atoms with van der Waals surface area (Å²) in [5, 5.41) is 10.6. The maximum atomic E-state index is 13.4. The fourth-order valence-corrected chi connectivity index (χ4v) is 1.82. The summed E-state index contributed by atoms with van der Waals surface area (Å²) in [6.07, 6.45) is 0.655. The summed E-state index contributed by atoms with van der Waals surface area (Å²) in [5.74, 6) is -0.963. The van der Waals surface area contributed by atoms with Gasteiger partial charge >= 0.3 is 0 Å². The Bertz CT molecular complexity index is 440. The third kappa shape index (κ3) is 2.92.